The minimum Gasteiger partial charge on any atom is -0.480 e. The molecule has 1 unspecified atom stereocenters. The summed E-state index contributed by atoms with van der Waals surface area (Å²) in [4.78, 5) is 10.5. The Morgan fingerprint density at radius 2 is 2.06 bits per heavy atom. The third-order valence-electron chi connectivity index (χ3n) is 1.99. The molecule has 1 rings (SSSR count). The highest BCUT2D eigenvalue weighted by atomic mass is 19.1. The molecule has 0 radical (unpaired) electrons. The summed E-state index contributed by atoms with van der Waals surface area (Å²) in [6, 6.07) is 5.58. The van der Waals surface area contributed by atoms with Crippen LogP contribution in [0.25, 0.3) is 0 Å². The summed E-state index contributed by atoms with van der Waals surface area (Å²) in [5, 5.41) is 8.62. The average Bonchev–Trinajstić information content (AvgIpc) is 2.20. The molecule has 0 aliphatic rings. The summed E-state index contributed by atoms with van der Waals surface area (Å²) in [5.41, 5.74) is 6.15. The summed E-state index contributed by atoms with van der Waals surface area (Å²) >= 11 is 0. The number of carboxylic acids is 1. The predicted octanol–water partition coefficient (Wildman–Crippen LogP) is 1.34. The van der Waals surface area contributed by atoms with Crippen LogP contribution in [0.4, 0.5) is 4.39 Å². The van der Waals surface area contributed by atoms with Crippen LogP contribution in [0.3, 0.4) is 0 Å². The first kappa shape index (κ1) is 12.4. The molecule has 88 valence electrons. The maximum atomic E-state index is 12.5. The number of carboxylic acid groups (broad SMARTS) is 1. The van der Waals surface area contributed by atoms with E-state index in [9.17, 15) is 9.18 Å². The van der Waals surface area contributed by atoms with E-state index in [4.69, 9.17) is 15.6 Å². The van der Waals surface area contributed by atoms with Gasteiger partial charge >= 0.3 is 5.97 Å². The SMILES string of the molecule is CC(F)Oc1ccc(C[C@H](N)C(=O)O)cc1. The van der Waals surface area contributed by atoms with Gasteiger partial charge in [-0.2, -0.15) is 0 Å². The lowest BCUT2D eigenvalue weighted by atomic mass is 10.1. The normalized spacial score (nSPS) is 14.2. The van der Waals surface area contributed by atoms with E-state index in [0.717, 1.165) is 5.56 Å². The Bertz CT molecular complexity index is 351. The molecule has 1 aromatic carbocycles. The zero-order chi connectivity index (χ0) is 12.1. The lowest BCUT2D eigenvalue weighted by Crippen LogP contribution is -2.32. The molecule has 16 heavy (non-hydrogen) atoms. The minimum atomic E-state index is -1.37. The van der Waals surface area contributed by atoms with Crippen LogP contribution >= 0.6 is 0 Å². The molecule has 0 saturated carbocycles. The molecular weight excluding hydrogens is 213 g/mol. The van der Waals surface area contributed by atoms with Crippen molar-refractivity contribution in [2.45, 2.75) is 25.7 Å². The Labute approximate surface area is 92.8 Å². The quantitative estimate of drug-likeness (QED) is 0.796. The molecule has 0 aliphatic heterocycles. The minimum absolute atomic E-state index is 0.237. The van der Waals surface area contributed by atoms with Gasteiger partial charge < -0.3 is 15.6 Å². The van der Waals surface area contributed by atoms with E-state index in [1.165, 1.54) is 6.92 Å². The summed E-state index contributed by atoms with van der Waals surface area (Å²) in [7, 11) is 0. The highest BCUT2D eigenvalue weighted by Crippen LogP contribution is 2.15. The molecule has 3 N–H and O–H groups in total. The zero-order valence-corrected chi connectivity index (χ0v) is 8.89. The van der Waals surface area contributed by atoms with Crippen molar-refractivity contribution in [3.63, 3.8) is 0 Å². The summed E-state index contributed by atoms with van der Waals surface area (Å²) in [6.45, 7) is 1.29. The number of hydrogen-bond donors (Lipinski definition) is 2. The van der Waals surface area contributed by atoms with E-state index < -0.39 is 18.4 Å². The lowest BCUT2D eigenvalue weighted by molar-refractivity contribution is -0.138. The van der Waals surface area contributed by atoms with Crippen LogP contribution < -0.4 is 10.5 Å². The molecule has 0 spiro atoms. The molecule has 0 fully saturated rings. The highest BCUT2D eigenvalue weighted by Gasteiger charge is 2.11. The highest BCUT2D eigenvalue weighted by molar-refractivity contribution is 5.73. The summed E-state index contributed by atoms with van der Waals surface area (Å²) in [6.07, 6.45) is -1.13. The standard InChI is InChI=1S/C11H14FNO3/c1-7(12)16-9-4-2-8(3-5-9)6-10(13)11(14)15/h2-5,7,10H,6,13H2,1H3,(H,14,15)/t7?,10-/m0/s1. The van der Waals surface area contributed by atoms with Gasteiger partial charge in [0.15, 0.2) is 0 Å². The van der Waals surface area contributed by atoms with Crippen molar-refractivity contribution < 1.29 is 19.0 Å². The largest absolute Gasteiger partial charge is 0.480 e. The molecular formula is C11H14FNO3. The summed E-state index contributed by atoms with van der Waals surface area (Å²) in [5.74, 6) is -0.639. The Balaban J connectivity index is 2.61. The van der Waals surface area contributed by atoms with Crippen molar-refractivity contribution in [2.24, 2.45) is 5.73 Å². The van der Waals surface area contributed by atoms with Gasteiger partial charge in [0.1, 0.15) is 11.8 Å². The first-order valence-electron chi connectivity index (χ1n) is 4.87. The van der Waals surface area contributed by atoms with Crippen LogP contribution in [0.15, 0.2) is 24.3 Å². The average molecular weight is 227 g/mol. The van der Waals surface area contributed by atoms with Gasteiger partial charge in [0.25, 0.3) is 0 Å². The maximum Gasteiger partial charge on any atom is 0.320 e. The number of ether oxygens (including phenoxy) is 1. The predicted molar refractivity (Wildman–Crippen MR) is 57.0 cm³/mol. The van der Waals surface area contributed by atoms with Crippen molar-refractivity contribution in [1.29, 1.82) is 0 Å². The van der Waals surface area contributed by atoms with Gasteiger partial charge in [0, 0.05) is 6.92 Å². The van der Waals surface area contributed by atoms with Gasteiger partial charge in [-0.3, -0.25) is 4.79 Å². The Morgan fingerprint density at radius 1 is 1.50 bits per heavy atom. The second-order valence-corrected chi connectivity index (χ2v) is 3.45. The number of halogens is 1. The van der Waals surface area contributed by atoms with E-state index in [1.54, 1.807) is 24.3 Å². The molecule has 0 saturated heterocycles. The van der Waals surface area contributed by atoms with Gasteiger partial charge in [0.05, 0.1) is 0 Å². The van der Waals surface area contributed by atoms with E-state index in [2.05, 4.69) is 0 Å². The topological polar surface area (TPSA) is 72.5 Å². The third kappa shape index (κ3) is 3.86. The monoisotopic (exact) mass is 227 g/mol. The Hall–Kier alpha value is -1.62. The molecule has 2 atom stereocenters. The summed E-state index contributed by atoms with van der Waals surface area (Å²) < 4.78 is 17.3. The fourth-order valence-corrected chi connectivity index (χ4v) is 1.23. The van der Waals surface area contributed by atoms with Crippen LogP contribution in [0.1, 0.15) is 12.5 Å². The van der Waals surface area contributed by atoms with Gasteiger partial charge in [-0.25, -0.2) is 4.39 Å². The lowest BCUT2D eigenvalue weighted by Gasteiger charge is -2.09. The number of alkyl halides is 1. The molecule has 1 aromatic rings. The van der Waals surface area contributed by atoms with Crippen LogP contribution in [0, 0.1) is 0 Å². The van der Waals surface area contributed by atoms with Crippen molar-refractivity contribution >= 4 is 5.97 Å². The van der Waals surface area contributed by atoms with Crippen molar-refractivity contribution in [1.82, 2.24) is 0 Å². The van der Waals surface area contributed by atoms with E-state index >= 15 is 0 Å². The first-order chi connectivity index (χ1) is 7.49. The first-order valence-corrected chi connectivity index (χ1v) is 4.87. The number of carbonyl (C=O) groups is 1. The van der Waals surface area contributed by atoms with E-state index in [-0.39, 0.29) is 6.42 Å². The number of hydrogen-bond acceptors (Lipinski definition) is 3. The maximum absolute atomic E-state index is 12.5. The second-order valence-electron chi connectivity index (χ2n) is 3.45. The number of nitrogens with two attached hydrogens (primary N) is 1. The number of benzene rings is 1. The van der Waals surface area contributed by atoms with Crippen molar-refractivity contribution in [3.05, 3.63) is 29.8 Å². The van der Waals surface area contributed by atoms with Crippen molar-refractivity contribution in [2.75, 3.05) is 0 Å². The fourth-order valence-electron chi connectivity index (χ4n) is 1.23. The van der Waals surface area contributed by atoms with Crippen LogP contribution in [-0.2, 0) is 11.2 Å². The van der Waals surface area contributed by atoms with Crippen LogP contribution in [0.2, 0.25) is 0 Å². The van der Waals surface area contributed by atoms with Crippen LogP contribution in [0.5, 0.6) is 5.75 Å². The van der Waals surface area contributed by atoms with Gasteiger partial charge in [-0.05, 0) is 24.1 Å². The van der Waals surface area contributed by atoms with Gasteiger partial charge in [0.2, 0.25) is 6.36 Å². The second kappa shape index (κ2) is 5.46. The fraction of sp³-hybridized carbons (Fsp3) is 0.364. The zero-order valence-electron chi connectivity index (χ0n) is 8.89. The van der Waals surface area contributed by atoms with E-state index in [1.807, 2.05) is 0 Å². The molecule has 0 aromatic heterocycles. The molecule has 0 aliphatic carbocycles. The molecule has 4 nitrogen and oxygen atoms in total. The molecule has 5 heteroatoms. The van der Waals surface area contributed by atoms with Crippen molar-refractivity contribution in [3.8, 4) is 5.75 Å². The molecule has 0 bridgehead atoms. The number of aliphatic carboxylic acids is 1. The van der Waals surface area contributed by atoms with Crippen LogP contribution in [-0.4, -0.2) is 23.5 Å². The third-order valence-corrected chi connectivity index (χ3v) is 1.99. The Kier molecular flexibility index (Phi) is 4.25. The smallest absolute Gasteiger partial charge is 0.320 e. The number of rotatable bonds is 5. The van der Waals surface area contributed by atoms with Gasteiger partial charge in [-0.1, -0.05) is 12.1 Å². The Morgan fingerprint density at radius 3 is 2.50 bits per heavy atom. The van der Waals surface area contributed by atoms with E-state index in [0.29, 0.717) is 5.75 Å². The molecule has 0 amide bonds. The van der Waals surface area contributed by atoms with Gasteiger partial charge in [-0.15, -0.1) is 0 Å². The molecule has 0 heterocycles.